The van der Waals surface area contributed by atoms with Crippen LogP contribution in [0.5, 0.6) is 0 Å². The van der Waals surface area contributed by atoms with Crippen molar-refractivity contribution >= 4 is 17.7 Å². The lowest BCUT2D eigenvalue weighted by Gasteiger charge is -2.23. The minimum atomic E-state index is -0.786. The molecule has 2 atom stereocenters. The van der Waals surface area contributed by atoms with E-state index in [1.807, 2.05) is 12.1 Å². The molecule has 0 unspecified atom stereocenters. The third kappa shape index (κ3) is 2.59. The Hall–Kier alpha value is -2.97. The number of carbonyl (C=O) groups is 2. The van der Waals surface area contributed by atoms with Crippen molar-refractivity contribution in [2.75, 3.05) is 18.4 Å². The number of hydrogen-bond acceptors (Lipinski definition) is 5. The van der Waals surface area contributed by atoms with Gasteiger partial charge in [-0.25, -0.2) is 4.79 Å². The summed E-state index contributed by atoms with van der Waals surface area (Å²) in [7, 11) is 0. The van der Waals surface area contributed by atoms with Crippen molar-refractivity contribution in [1.29, 1.82) is 0 Å². The SMILES string of the molecule is Cc1nnnn1-c1cccc(NC(=O)N2C[C@@H]3CCC[C@@]3(C(=O)O)C2)c1. The molecule has 9 nitrogen and oxygen atoms in total. The van der Waals surface area contributed by atoms with Crippen LogP contribution in [0.4, 0.5) is 10.5 Å². The van der Waals surface area contributed by atoms with Crippen LogP contribution in [0.2, 0.25) is 0 Å². The number of anilines is 1. The number of nitrogens with one attached hydrogen (secondary N) is 1. The third-order valence-electron chi connectivity index (χ3n) is 5.55. The molecular weight excluding hydrogens is 336 g/mol. The van der Waals surface area contributed by atoms with E-state index in [1.165, 1.54) is 0 Å². The van der Waals surface area contributed by atoms with Gasteiger partial charge in [-0.3, -0.25) is 4.79 Å². The molecule has 136 valence electrons. The van der Waals surface area contributed by atoms with Crippen molar-refractivity contribution in [1.82, 2.24) is 25.1 Å². The number of hydrogen-bond donors (Lipinski definition) is 2. The smallest absolute Gasteiger partial charge is 0.321 e. The summed E-state index contributed by atoms with van der Waals surface area (Å²) in [6.07, 6.45) is 2.43. The average Bonchev–Trinajstić information content (AvgIpc) is 3.28. The second-order valence-corrected chi connectivity index (χ2v) is 7.05. The highest BCUT2D eigenvalue weighted by molar-refractivity contribution is 5.91. The zero-order valence-corrected chi connectivity index (χ0v) is 14.4. The van der Waals surface area contributed by atoms with Gasteiger partial charge in [-0.2, -0.15) is 4.68 Å². The molecule has 2 heterocycles. The van der Waals surface area contributed by atoms with Crippen LogP contribution in [0.15, 0.2) is 24.3 Å². The zero-order valence-electron chi connectivity index (χ0n) is 14.4. The number of benzene rings is 1. The van der Waals surface area contributed by atoms with Crippen LogP contribution < -0.4 is 5.32 Å². The minimum Gasteiger partial charge on any atom is -0.481 e. The number of nitrogens with zero attached hydrogens (tertiary/aromatic N) is 5. The Morgan fingerprint density at radius 2 is 2.23 bits per heavy atom. The van der Waals surface area contributed by atoms with Gasteiger partial charge in [-0.1, -0.05) is 12.5 Å². The number of tetrazole rings is 1. The Morgan fingerprint density at radius 1 is 1.38 bits per heavy atom. The van der Waals surface area contributed by atoms with E-state index in [0.29, 0.717) is 24.5 Å². The van der Waals surface area contributed by atoms with Gasteiger partial charge < -0.3 is 15.3 Å². The van der Waals surface area contributed by atoms with Crippen LogP contribution >= 0.6 is 0 Å². The first-order chi connectivity index (χ1) is 12.5. The van der Waals surface area contributed by atoms with Crippen LogP contribution in [0, 0.1) is 18.3 Å². The van der Waals surface area contributed by atoms with E-state index in [-0.39, 0.29) is 18.5 Å². The van der Waals surface area contributed by atoms with Gasteiger partial charge in [0.1, 0.15) is 0 Å². The summed E-state index contributed by atoms with van der Waals surface area (Å²) < 4.78 is 1.58. The predicted molar refractivity (Wildman–Crippen MR) is 91.9 cm³/mol. The van der Waals surface area contributed by atoms with Gasteiger partial charge >= 0.3 is 12.0 Å². The van der Waals surface area contributed by atoms with E-state index in [2.05, 4.69) is 20.8 Å². The molecule has 2 aromatic rings. The maximum absolute atomic E-state index is 12.7. The molecular formula is C17H20N6O3. The standard InChI is InChI=1S/C17H20N6O3/c1-11-19-20-21-23(11)14-6-2-5-13(8-14)18-16(26)22-9-12-4-3-7-17(12,10-22)15(24)25/h2,5-6,8,12H,3-4,7,9-10H2,1H3,(H,18,26)(H,24,25)/t12-,17+/m0/s1. The van der Waals surface area contributed by atoms with Crippen molar-refractivity contribution in [3.63, 3.8) is 0 Å². The van der Waals surface area contributed by atoms with Crippen LogP contribution in [-0.4, -0.2) is 55.3 Å². The average molecular weight is 356 g/mol. The molecule has 1 saturated heterocycles. The van der Waals surface area contributed by atoms with E-state index in [4.69, 9.17) is 0 Å². The number of carboxylic acid groups (broad SMARTS) is 1. The monoisotopic (exact) mass is 356 g/mol. The van der Waals surface area contributed by atoms with Crippen LogP contribution in [0.25, 0.3) is 5.69 Å². The Labute approximate surface area is 150 Å². The zero-order chi connectivity index (χ0) is 18.3. The molecule has 2 amide bonds. The van der Waals surface area contributed by atoms with E-state index in [9.17, 15) is 14.7 Å². The van der Waals surface area contributed by atoms with E-state index in [0.717, 1.165) is 18.5 Å². The highest BCUT2D eigenvalue weighted by Gasteiger charge is 2.55. The molecule has 1 aromatic carbocycles. The largest absolute Gasteiger partial charge is 0.481 e. The molecule has 1 aliphatic carbocycles. The van der Waals surface area contributed by atoms with E-state index in [1.54, 1.807) is 28.6 Å². The third-order valence-corrected chi connectivity index (χ3v) is 5.55. The van der Waals surface area contributed by atoms with Gasteiger partial charge in [0.15, 0.2) is 5.82 Å². The number of aromatic nitrogens is 4. The molecule has 1 saturated carbocycles. The number of aryl methyl sites for hydroxylation is 1. The molecule has 26 heavy (non-hydrogen) atoms. The number of carbonyl (C=O) groups excluding carboxylic acids is 1. The predicted octanol–water partition coefficient (Wildman–Crippen LogP) is 1.69. The lowest BCUT2D eigenvalue weighted by Crippen LogP contribution is -2.38. The Balaban J connectivity index is 1.50. The first-order valence-electron chi connectivity index (χ1n) is 8.64. The first-order valence-corrected chi connectivity index (χ1v) is 8.64. The maximum Gasteiger partial charge on any atom is 0.321 e. The fourth-order valence-electron chi connectivity index (χ4n) is 4.18. The highest BCUT2D eigenvalue weighted by atomic mass is 16.4. The van der Waals surface area contributed by atoms with Gasteiger partial charge in [0, 0.05) is 18.8 Å². The fourth-order valence-corrected chi connectivity index (χ4v) is 4.18. The summed E-state index contributed by atoms with van der Waals surface area (Å²) in [5.41, 5.74) is 0.581. The summed E-state index contributed by atoms with van der Waals surface area (Å²) in [5.74, 6) is -0.100. The summed E-state index contributed by atoms with van der Waals surface area (Å²) in [6.45, 7) is 2.55. The van der Waals surface area contributed by atoms with E-state index < -0.39 is 11.4 Å². The lowest BCUT2D eigenvalue weighted by atomic mass is 9.81. The number of amides is 2. The second-order valence-electron chi connectivity index (χ2n) is 7.05. The number of aliphatic carboxylic acids is 1. The first kappa shape index (κ1) is 16.5. The number of carboxylic acids is 1. The summed E-state index contributed by atoms with van der Waals surface area (Å²) >= 11 is 0. The summed E-state index contributed by atoms with van der Waals surface area (Å²) in [4.78, 5) is 26.0. The van der Waals surface area contributed by atoms with Gasteiger partial charge in [0.25, 0.3) is 0 Å². The number of rotatable bonds is 3. The molecule has 9 heteroatoms. The number of fused-ring (bicyclic) bond motifs is 1. The van der Waals surface area contributed by atoms with Gasteiger partial charge in [0.05, 0.1) is 11.1 Å². The highest BCUT2D eigenvalue weighted by Crippen LogP contribution is 2.48. The number of likely N-dealkylation sites (tertiary alicyclic amines) is 1. The lowest BCUT2D eigenvalue weighted by molar-refractivity contribution is -0.149. The van der Waals surface area contributed by atoms with Crippen LogP contribution in [0.3, 0.4) is 0 Å². The minimum absolute atomic E-state index is 0.0426. The molecule has 4 rings (SSSR count). The van der Waals surface area contributed by atoms with Crippen molar-refractivity contribution < 1.29 is 14.7 Å². The summed E-state index contributed by atoms with van der Waals surface area (Å²) in [5, 5.41) is 23.9. The normalized spacial score (nSPS) is 24.5. The molecule has 2 fully saturated rings. The number of urea groups is 1. The van der Waals surface area contributed by atoms with Crippen molar-refractivity contribution in [3.05, 3.63) is 30.1 Å². The molecule has 0 spiro atoms. The molecule has 1 aliphatic heterocycles. The van der Waals surface area contributed by atoms with Gasteiger partial charge in [0.2, 0.25) is 0 Å². The molecule has 2 aliphatic rings. The molecule has 2 N–H and O–H groups in total. The van der Waals surface area contributed by atoms with Gasteiger partial charge in [-0.15, -0.1) is 5.10 Å². The second kappa shape index (κ2) is 6.08. The molecule has 0 radical (unpaired) electrons. The Kier molecular flexibility index (Phi) is 3.86. The van der Waals surface area contributed by atoms with Crippen molar-refractivity contribution in [2.45, 2.75) is 26.2 Å². The topological polar surface area (TPSA) is 113 Å². The van der Waals surface area contributed by atoms with E-state index >= 15 is 0 Å². The van der Waals surface area contributed by atoms with Crippen LogP contribution in [-0.2, 0) is 4.79 Å². The van der Waals surface area contributed by atoms with Gasteiger partial charge in [-0.05, 0) is 54.3 Å². The molecule has 1 aromatic heterocycles. The van der Waals surface area contributed by atoms with Crippen molar-refractivity contribution in [2.24, 2.45) is 11.3 Å². The Bertz CT molecular complexity index is 866. The maximum atomic E-state index is 12.7. The Morgan fingerprint density at radius 3 is 2.92 bits per heavy atom. The molecule has 0 bridgehead atoms. The van der Waals surface area contributed by atoms with Crippen LogP contribution in [0.1, 0.15) is 25.1 Å². The van der Waals surface area contributed by atoms with Crippen molar-refractivity contribution in [3.8, 4) is 5.69 Å². The summed E-state index contributed by atoms with van der Waals surface area (Å²) in [6, 6.07) is 6.95. The fraction of sp³-hybridized carbons (Fsp3) is 0.471. The quantitative estimate of drug-likeness (QED) is 0.865.